The second-order valence-electron chi connectivity index (χ2n) is 8.82. The minimum absolute atomic E-state index is 0.138. The normalized spacial score (nSPS) is 22.6. The Morgan fingerprint density at radius 2 is 1.68 bits per heavy atom. The highest BCUT2D eigenvalue weighted by molar-refractivity contribution is 6.10. The number of fused-ring (bicyclic) bond motifs is 3. The summed E-state index contributed by atoms with van der Waals surface area (Å²) in [5.41, 5.74) is 2.08. The van der Waals surface area contributed by atoms with Crippen LogP contribution in [0.2, 0.25) is 0 Å². The van der Waals surface area contributed by atoms with Crippen LogP contribution < -0.4 is 9.47 Å². The summed E-state index contributed by atoms with van der Waals surface area (Å²) in [6.07, 6.45) is 2.95. The number of benzene rings is 1. The SMILES string of the molecule is COc1cc2c(c(C(C)(C)C)c1)OC1(O)C2=CC(=O)C=C1C(C)(C)C. The third-order valence-electron chi connectivity index (χ3n) is 4.76. The number of ether oxygens (including phenoxy) is 2. The molecule has 25 heavy (non-hydrogen) atoms. The van der Waals surface area contributed by atoms with Crippen LogP contribution in [0.4, 0.5) is 0 Å². The van der Waals surface area contributed by atoms with E-state index in [9.17, 15) is 9.90 Å². The fraction of sp³-hybridized carbons (Fsp3) is 0.476. The monoisotopic (exact) mass is 342 g/mol. The molecule has 134 valence electrons. The van der Waals surface area contributed by atoms with E-state index in [0.29, 0.717) is 22.6 Å². The molecule has 4 heteroatoms. The summed E-state index contributed by atoms with van der Waals surface area (Å²) in [4.78, 5) is 12.3. The summed E-state index contributed by atoms with van der Waals surface area (Å²) in [7, 11) is 1.61. The molecule has 1 unspecified atom stereocenters. The van der Waals surface area contributed by atoms with Crippen LogP contribution in [0.3, 0.4) is 0 Å². The third-order valence-corrected chi connectivity index (χ3v) is 4.76. The van der Waals surface area contributed by atoms with Crippen molar-refractivity contribution < 1.29 is 19.4 Å². The Balaban J connectivity index is 2.29. The number of allylic oxidation sites excluding steroid dienone is 2. The zero-order valence-corrected chi connectivity index (χ0v) is 16.0. The third kappa shape index (κ3) is 2.69. The quantitative estimate of drug-likeness (QED) is 0.838. The lowest BCUT2D eigenvalue weighted by Crippen LogP contribution is -2.43. The van der Waals surface area contributed by atoms with E-state index < -0.39 is 11.2 Å². The van der Waals surface area contributed by atoms with Gasteiger partial charge in [-0.25, -0.2) is 0 Å². The largest absolute Gasteiger partial charge is 0.497 e. The molecule has 1 aliphatic heterocycles. The smallest absolute Gasteiger partial charge is 0.259 e. The molecule has 1 aliphatic carbocycles. The highest BCUT2D eigenvalue weighted by Gasteiger charge is 2.52. The van der Waals surface area contributed by atoms with Gasteiger partial charge in [0.15, 0.2) is 5.78 Å². The van der Waals surface area contributed by atoms with Gasteiger partial charge in [-0.1, -0.05) is 41.5 Å². The van der Waals surface area contributed by atoms with Gasteiger partial charge in [0.2, 0.25) is 0 Å². The second kappa shape index (κ2) is 5.21. The Hall–Kier alpha value is -2.07. The molecule has 0 bridgehead atoms. The van der Waals surface area contributed by atoms with E-state index in [-0.39, 0.29) is 11.2 Å². The Morgan fingerprint density at radius 3 is 2.20 bits per heavy atom. The van der Waals surface area contributed by atoms with Crippen molar-refractivity contribution in [3.63, 3.8) is 0 Å². The van der Waals surface area contributed by atoms with Crippen LogP contribution in [0, 0.1) is 5.41 Å². The Morgan fingerprint density at radius 1 is 1.04 bits per heavy atom. The van der Waals surface area contributed by atoms with Crippen LogP contribution >= 0.6 is 0 Å². The maximum absolute atomic E-state index is 12.3. The molecule has 4 nitrogen and oxygen atoms in total. The number of hydrogen-bond acceptors (Lipinski definition) is 4. The van der Waals surface area contributed by atoms with Crippen molar-refractivity contribution in [1.29, 1.82) is 0 Å². The summed E-state index contributed by atoms with van der Waals surface area (Å²) >= 11 is 0. The second-order valence-corrected chi connectivity index (χ2v) is 8.82. The fourth-order valence-corrected chi connectivity index (χ4v) is 3.50. The molecular weight excluding hydrogens is 316 g/mol. The standard InChI is InChI=1S/C21H26O4/c1-19(2,3)16-11-13(24-7)10-14-15-8-12(22)9-17(20(4,5)6)21(15,23)25-18(14)16/h8-11,23H,1-7H3. The molecular formula is C21H26O4. The molecule has 0 fully saturated rings. The first-order valence-corrected chi connectivity index (χ1v) is 8.51. The highest BCUT2D eigenvalue weighted by atomic mass is 16.6. The van der Waals surface area contributed by atoms with Gasteiger partial charge in [-0.05, 0) is 35.1 Å². The maximum Gasteiger partial charge on any atom is 0.259 e. The van der Waals surface area contributed by atoms with Crippen molar-refractivity contribution in [2.75, 3.05) is 7.11 Å². The van der Waals surface area contributed by atoms with E-state index in [1.165, 1.54) is 12.2 Å². The van der Waals surface area contributed by atoms with Crippen LogP contribution in [0.25, 0.3) is 5.57 Å². The van der Waals surface area contributed by atoms with Gasteiger partial charge < -0.3 is 14.6 Å². The van der Waals surface area contributed by atoms with Crippen molar-refractivity contribution in [3.8, 4) is 11.5 Å². The van der Waals surface area contributed by atoms with Gasteiger partial charge in [0.1, 0.15) is 11.5 Å². The van der Waals surface area contributed by atoms with Gasteiger partial charge in [-0.2, -0.15) is 0 Å². The van der Waals surface area contributed by atoms with Gasteiger partial charge in [-0.15, -0.1) is 0 Å². The topological polar surface area (TPSA) is 55.8 Å². The molecule has 1 heterocycles. The van der Waals surface area contributed by atoms with Crippen LogP contribution in [0.1, 0.15) is 52.7 Å². The molecule has 2 aliphatic rings. The molecule has 0 amide bonds. The van der Waals surface area contributed by atoms with Crippen molar-refractivity contribution in [2.45, 2.75) is 52.7 Å². The van der Waals surface area contributed by atoms with Crippen molar-refractivity contribution >= 4 is 11.4 Å². The predicted octanol–water partition coefficient (Wildman–Crippen LogP) is 4.01. The Kier molecular flexibility index (Phi) is 3.70. The lowest BCUT2D eigenvalue weighted by Gasteiger charge is -2.36. The van der Waals surface area contributed by atoms with Crippen LogP contribution in [0.15, 0.2) is 29.9 Å². The van der Waals surface area contributed by atoms with E-state index in [4.69, 9.17) is 9.47 Å². The number of ketones is 1. The number of aliphatic hydroxyl groups is 1. The van der Waals surface area contributed by atoms with E-state index in [1.807, 2.05) is 32.9 Å². The molecule has 1 aromatic carbocycles. The zero-order valence-electron chi connectivity index (χ0n) is 16.0. The van der Waals surface area contributed by atoms with Crippen LogP contribution in [-0.2, 0) is 10.2 Å². The maximum atomic E-state index is 12.3. The Labute approximate surface area is 149 Å². The summed E-state index contributed by atoms with van der Waals surface area (Å²) in [6, 6.07) is 3.76. The number of rotatable bonds is 1. The van der Waals surface area contributed by atoms with Crippen LogP contribution in [0.5, 0.6) is 11.5 Å². The number of methoxy groups -OCH3 is 1. The summed E-state index contributed by atoms with van der Waals surface area (Å²) < 4.78 is 11.6. The molecule has 0 saturated heterocycles. The molecule has 1 N–H and O–H groups in total. The first-order chi connectivity index (χ1) is 11.4. The summed E-state index contributed by atoms with van der Waals surface area (Å²) in [6.45, 7) is 12.1. The van der Waals surface area contributed by atoms with Gasteiger partial charge in [-0.3, -0.25) is 4.79 Å². The van der Waals surface area contributed by atoms with Gasteiger partial charge in [0.25, 0.3) is 5.79 Å². The summed E-state index contributed by atoms with van der Waals surface area (Å²) in [5, 5.41) is 11.4. The minimum atomic E-state index is -1.62. The molecule has 0 spiro atoms. The molecule has 0 saturated carbocycles. The van der Waals surface area contributed by atoms with E-state index >= 15 is 0 Å². The van der Waals surface area contributed by atoms with Crippen molar-refractivity contribution in [3.05, 3.63) is 41.0 Å². The highest BCUT2D eigenvalue weighted by Crippen LogP contribution is 2.55. The zero-order chi connectivity index (χ0) is 18.8. The Bertz CT molecular complexity index is 816. The van der Waals surface area contributed by atoms with E-state index in [2.05, 4.69) is 20.8 Å². The molecule has 3 rings (SSSR count). The first-order valence-electron chi connectivity index (χ1n) is 8.51. The van der Waals surface area contributed by atoms with Gasteiger partial charge >= 0.3 is 0 Å². The minimum Gasteiger partial charge on any atom is -0.497 e. The first kappa shape index (κ1) is 17.7. The molecule has 0 aromatic heterocycles. The van der Waals surface area contributed by atoms with Crippen LogP contribution in [-0.4, -0.2) is 23.8 Å². The summed E-state index contributed by atoms with van der Waals surface area (Å²) in [5.74, 6) is -0.467. The number of carbonyl (C=O) groups is 1. The van der Waals surface area contributed by atoms with Crippen molar-refractivity contribution in [2.24, 2.45) is 5.41 Å². The molecule has 1 atom stereocenters. The van der Waals surface area contributed by atoms with Gasteiger partial charge in [0, 0.05) is 22.3 Å². The van der Waals surface area contributed by atoms with Crippen molar-refractivity contribution in [1.82, 2.24) is 0 Å². The number of carbonyl (C=O) groups excluding carboxylic acids is 1. The molecule has 0 radical (unpaired) electrons. The fourth-order valence-electron chi connectivity index (χ4n) is 3.50. The lowest BCUT2D eigenvalue weighted by molar-refractivity contribution is -0.112. The van der Waals surface area contributed by atoms with E-state index in [1.54, 1.807) is 7.11 Å². The predicted molar refractivity (Wildman–Crippen MR) is 97.8 cm³/mol. The van der Waals surface area contributed by atoms with Gasteiger partial charge in [0.05, 0.1) is 7.11 Å². The average molecular weight is 342 g/mol. The lowest BCUT2D eigenvalue weighted by atomic mass is 9.75. The average Bonchev–Trinajstić information content (AvgIpc) is 2.76. The number of hydrogen-bond donors (Lipinski definition) is 1. The van der Waals surface area contributed by atoms with E-state index in [0.717, 1.165) is 11.1 Å². The molecule has 1 aromatic rings.